The largest absolute Gasteiger partial charge is 0.415 e. The van der Waals surface area contributed by atoms with Gasteiger partial charge in [0.2, 0.25) is 15.9 Å². The lowest BCUT2D eigenvalue weighted by Crippen LogP contribution is -2.31. The number of aromatic amines is 1. The fraction of sp³-hybridized carbons (Fsp3) is 0.250. The second-order valence-corrected chi connectivity index (χ2v) is 7.31. The van der Waals surface area contributed by atoms with Crippen LogP contribution in [0, 0.1) is 5.82 Å². The third-order valence-corrected chi connectivity index (χ3v) is 5.25. The van der Waals surface area contributed by atoms with Crippen molar-refractivity contribution in [1.82, 2.24) is 19.9 Å². The molecule has 0 bridgehead atoms. The molecule has 0 aliphatic heterocycles. The van der Waals surface area contributed by atoms with E-state index in [1.54, 1.807) is 6.92 Å². The summed E-state index contributed by atoms with van der Waals surface area (Å²) < 4.78 is 45.6. The van der Waals surface area contributed by atoms with Crippen LogP contribution in [0.4, 0.5) is 4.39 Å². The van der Waals surface area contributed by atoms with Crippen molar-refractivity contribution < 1.29 is 17.2 Å². The van der Waals surface area contributed by atoms with Crippen molar-refractivity contribution in [2.24, 2.45) is 0 Å². The molecule has 2 aromatic heterocycles. The van der Waals surface area contributed by atoms with Crippen molar-refractivity contribution >= 4 is 10.0 Å². The monoisotopic (exact) mass is 364 g/mol. The summed E-state index contributed by atoms with van der Waals surface area (Å²) in [6.45, 7) is 3.68. The number of hydrogen-bond donors (Lipinski definition) is 2. The first kappa shape index (κ1) is 17.3. The fourth-order valence-corrected chi connectivity index (χ4v) is 3.43. The van der Waals surface area contributed by atoms with E-state index in [-0.39, 0.29) is 28.5 Å². The predicted molar refractivity (Wildman–Crippen MR) is 89.6 cm³/mol. The number of halogens is 1. The fourth-order valence-electron chi connectivity index (χ4n) is 2.11. The van der Waals surface area contributed by atoms with Crippen molar-refractivity contribution in [3.63, 3.8) is 0 Å². The number of nitrogens with one attached hydrogen (secondary N) is 2. The first-order chi connectivity index (χ1) is 11.9. The molecule has 2 heterocycles. The number of benzene rings is 1. The van der Waals surface area contributed by atoms with Crippen molar-refractivity contribution in [1.29, 1.82) is 0 Å². The second kappa shape index (κ2) is 6.77. The minimum absolute atomic E-state index is 0.0873. The first-order valence-corrected chi connectivity index (χ1v) is 9.18. The van der Waals surface area contributed by atoms with Crippen molar-refractivity contribution in [2.75, 3.05) is 0 Å². The molecule has 3 aromatic rings. The zero-order valence-corrected chi connectivity index (χ0v) is 14.5. The van der Waals surface area contributed by atoms with Crippen LogP contribution in [-0.2, 0) is 10.0 Å². The normalized spacial score (nSPS) is 13.1. The van der Waals surface area contributed by atoms with Gasteiger partial charge < -0.3 is 9.40 Å². The summed E-state index contributed by atoms with van der Waals surface area (Å²) in [7, 11) is -3.62. The highest BCUT2D eigenvalue weighted by molar-refractivity contribution is 7.89. The average molecular weight is 364 g/mol. The van der Waals surface area contributed by atoms with Crippen LogP contribution in [0.1, 0.15) is 20.3 Å². The minimum atomic E-state index is -3.62. The smallest absolute Gasteiger partial charge is 0.264 e. The first-order valence-electron chi connectivity index (χ1n) is 7.69. The van der Waals surface area contributed by atoms with E-state index >= 15 is 0 Å². The molecule has 0 spiro atoms. The molecule has 0 radical (unpaired) electrons. The summed E-state index contributed by atoms with van der Waals surface area (Å²) in [4.78, 5) is 2.91. The Labute approximate surface area is 144 Å². The number of sulfonamides is 1. The molecule has 2 N–H and O–H groups in total. The zero-order valence-electron chi connectivity index (χ0n) is 13.7. The third-order valence-electron chi connectivity index (χ3n) is 3.68. The van der Waals surface area contributed by atoms with Crippen LogP contribution >= 0.6 is 0 Å². The summed E-state index contributed by atoms with van der Waals surface area (Å²) in [6, 6.07) is 6.88. The zero-order chi connectivity index (χ0) is 18.0. The summed E-state index contributed by atoms with van der Waals surface area (Å²) in [5, 5.41) is 7.80. The van der Waals surface area contributed by atoms with Gasteiger partial charge in [0.05, 0.1) is 0 Å². The third kappa shape index (κ3) is 3.77. The van der Waals surface area contributed by atoms with E-state index < -0.39 is 10.0 Å². The van der Waals surface area contributed by atoms with Gasteiger partial charge in [-0.3, -0.25) is 0 Å². The molecule has 7 nitrogen and oxygen atoms in total. The van der Waals surface area contributed by atoms with E-state index in [4.69, 9.17) is 4.42 Å². The lowest BCUT2D eigenvalue weighted by atomic mass is 10.2. The van der Waals surface area contributed by atoms with Crippen LogP contribution in [0.2, 0.25) is 0 Å². The lowest BCUT2D eigenvalue weighted by Gasteiger charge is -2.10. The minimum Gasteiger partial charge on any atom is -0.415 e. The van der Waals surface area contributed by atoms with E-state index in [0.29, 0.717) is 17.7 Å². The Morgan fingerprint density at radius 1 is 1.24 bits per heavy atom. The Kier molecular flexibility index (Phi) is 4.69. The molecule has 1 atom stereocenters. The number of nitrogens with zero attached hydrogens (tertiary/aromatic N) is 2. The molecule has 0 aliphatic carbocycles. The molecule has 132 valence electrons. The lowest BCUT2D eigenvalue weighted by molar-refractivity contribution is 0.556. The molecule has 0 saturated carbocycles. The van der Waals surface area contributed by atoms with Gasteiger partial charge in [0.1, 0.15) is 16.4 Å². The van der Waals surface area contributed by atoms with Crippen LogP contribution in [0.3, 0.4) is 0 Å². The summed E-state index contributed by atoms with van der Waals surface area (Å²) in [5.41, 5.74) is 0.948. The number of aromatic nitrogens is 3. The topological polar surface area (TPSA) is 101 Å². The summed E-state index contributed by atoms with van der Waals surface area (Å²) >= 11 is 0. The maximum Gasteiger partial charge on any atom is 0.264 e. The average Bonchev–Trinajstić information content (AvgIpc) is 3.24. The maximum atomic E-state index is 13.0. The SMILES string of the molecule is CCC(C)NS(=O)(=O)c1c[nH]c(-c2nnc(-c3ccc(F)cc3)o2)c1. The number of hydrogen-bond acceptors (Lipinski definition) is 5. The van der Waals surface area contributed by atoms with Crippen LogP contribution in [0.5, 0.6) is 0 Å². The van der Waals surface area contributed by atoms with Gasteiger partial charge in [0, 0.05) is 17.8 Å². The van der Waals surface area contributed by atoms with Crippen molar-refractivity contribution in [3.8, 4) is 23.0 Å². The van der Waals surface area contributed by atoms with Crippen LogP contribution in [0.15, 0.2) is 45.8 Å². The molecule has 3 rings (SSSR count). The molecule has 0 saturated heterocycles. The maximum absolute atomic E-state index is 13.0. The van der Waals surface area contributed by atoms with Crippen LogP contribution in [0.25, 0.3) is 23.0 Å². The van der Waals surface area contributed by atoms with Gasteiger partial charge in [-0.25, -0.2) is 17.5 Å². The second-order valence-electron chi connectivity index (χ2n) is 5.60. The van der Waals surface area contributed by atoms with Crippen LogP contribution < -0.4 is 4.72 Å². The molecule has 0 aliphatic rings. The summed E-state index contributed by atoms with van der Waals surface area (Å²) in [5.74, 6) is -0.00688. The Bertz CT molecular complexity index is 963. The molecule has 0 amide bonds. The molecule has 0 fully saturated rings. The molecule has 1 unspecified atom stereocenters. The molecule has 9 heteroatoms. The van der Waals surface area contributed by atoms with E-state index in [1.807, 2.05) is 6.92 Å². The van der Waals surface area contributed by atoms with E-state index in [1.165, 1.54) is 36.5 Å². The van der Waals surface area contributed by atoms with Gasteiger partial charge >= 0.3 is 0 Å². The molecular formula is C16H17FN4O3S. The van der Waals surface area contributed by atoms with E-state index in [2.05, 4.69) is 19.9 Å². The Morgan fingerprint density at radius 2 is 1.92 bits per heavy atom. The van der Waals surface area contributed by atoms with E-state index in [0.717, 1.165) is 0 Å². The highest BCUT2D eigenvalue weighted by Crippen LogP contribution is 2.25. The van der Waals surface area contributed by atoms with Gasteiger partial charge in [-0.2, -0.15) is 0 Å². The highest BCUT2D eigenvalue weighted by atomic mass is 32.2. The number of H-pyrrole nitrogens is 1. The Balaban J connectivity index is 1.85. The Hall–Kier alpha value is -2.52. The van der Waals surface area contributed by atoms with Gasteiger partial charge in [0.15, 0.2) is 0 Å². The van der Waals surface area contributed by atoms with Gasteiger partial charge in [0.25, 0.3) is 5.89 Å². The van der Waals surface area contributed by atoms with E-state index in [9.17, 15) is 12.8 Å². The summed E-state index contributed by atoms with van der Waals surface area (Å²) in [6.07, 6.45) is 2.04. The molecule has 1 aromatic carbocycles. The van der Waals surface area contributed by atoms with Gasteiger partial charge in [-0.15, -0.1) is 10.2 Å². The van der Waals surface area contributed by atoms with Crippen LogP contribution in [-0.4, -0.2) is 29.6 Å². The van der Waals surface area contributed by atoms with Gasteiger partial charge in [-0.05, 0) is 43.7 Å². The highest BCUT2D eigenvalue weighted by Gasteiger charge is 2.20. The predicted octanol–water partition coefficient (Wildman–Crippen LogP) is 2.95. The standard InChI is InChI=1S/C16H17FN4O3S/c1-3-10(2)21-25(22,23)13-8-14(18-9-13)16-20-19-15(24-16)11-4-6-12(17)7-5-11/h4-10,18,21H,3H2,1-2H3. The van der Waals surface area contributed by atoms with Crippen molar-refractivity contribution in [3.05, 3.63) is 42.3 Å². The molecule has 25 heavy (non-hydrogen) atoms. The Morgan fingerprint density at radius 3 is 2.60 bits per heavy atom. The molecular weight excluding hydrogens is 347 g/mol. The van der Waals surface area contributed by atoms with Gasteiger partial charge in [-0.1, -0.05) is 6.92 Å². The number of rotatable bonds is 6. The van der Waals surface area contributed by atoms with Crippen molar-refractivity contribution in [2.45, 2.75) is 31.2 Å². The quantitative estimate of drug-likeness (QED) is 0.700.